The van der Waals surface area contributed by atoms with Crippen molar-refractivity contribution in [1.29, 1.82) is 0 Å². The van der Waals surface area contributed by atoms with Crippen LogP contribution in [0.25, 0.3) is 6.08 Å². The van der Waals surface area contributed by atoms with Crippen LogP contribution in [-0.2, 0) is 20.7 Å². The lowest BCUT2D eigenvalue weighted by Crippen LogP contribution is -2.41. The van der Waals surface area contributed by atoms with E-state index in [4.69, 9.17) is 14.0 Å². The summed E-state index contributed by atoms with van der Waals surface area (Å²) in [7, 11) is -0.769. The Hall–Kier alpha value is -2.97. The van der Waals surface area contributed by atoms with Crippen molar-refractivity contribution in [3.05, 3.63) is 76.5 Å². The lowest BCUT2D eigenvalue weighted by atomic mass is 9.76. The number of rotatable bonds is 7. The minimum atomic E-state index is -0.769. The predicted octanol–water partition coefficient (Wildman–Crippen LogP) is 4.97. The molecule has 2 aromatic rings. The highest BCUT2D eigenvalue weighted by atomic mass is 19.1. The van der Waals surface area contributed by atoms with E-state index in [1.54, 1.807) is 6.08 Å². The molecule has 1 heterocycles. The molecular weight excluding hydrogens is 424 g/mol. The normalized spacial score (nSPS) is 17.0. The summed E-state index contributed by atoms with van der Waals surface area (Å²) < 4.78 is 31.3. The van der Waals surface area contributed by atoms with Crippen LogP contribution in [-0.4, -0.2) is 36.7 Å². The van der Waals surface area contributed by atoms with Gasteiger partial charge in [0, 0.05) is 12.1 Å². The van der Waals surface area contributed by atoms with Crippen molar-refractivity contribution in [2.75, 3.05) is 6.54 Å². The molecule has 0 atom stereocenters. The van der Waals surface area contributed by atoms with Crippen LogP contribution in [0.1, 0.15) is 56.1 Å². The lowest BCUT2D eigenvalue weighted by Gasteiger charge is -2.32. The van der Waals surface area contributed by atoms with Gasteiger partial charge in [0.05, 0.1) is 11.2 Å². The Morgan fingerprint density at radius 1 is 1.06 bits per heavy atom. The topological polar surface area (TPSA) is 73.9 Å². The van der Waals surface area contributed by atoms with Crippen LogP contribution in [0, 0.1) is 5.82 Å². The molecule has 6 nitrogen and oxygen atoms in total. The van der Waals surface area contributed by atoms with Crippen molar-refractivity contribution in [2.24, 2.45) is 0 Å². The molecule has 0 radical (unpaired) electrons. The number of carbonyl (C=O) groups is 2. The van der Waals surface area contributed by atoms with Crippen molar-refractivity contribution in [3.8, 4) is 0 Å². The average molecular weight is 453 g/mol. The monoisotopic (exact) mass is 453 g/mol. The summed E-state index contributed by atoms with van der Waals surface area (Å²) in [5, 5.41) is 2.72. The summed E-state index contributed by atoms with van der Waals surface area (Å²) in [5.74, 6) is -0.776. The molecule has 0 aliphatic carbocycles. The van der Waals surface area contributed by atoms with Gasteiger partial charge in [0.1, 0.15) is 12.4 Å². The first-order valence-corrected chi connectivity index (χ1v) is 10.8. The second kappa shape index (κ2) is 9.89. The number of benzene rings is 2. The molecule has 8 heteroatoms. The Kier molecular flexibility index (Phi) is 7.39. The molecule has 1 aliphatic heterocycles. The Morgan fingerprint density at radius 3 is 2.30 bits per heavy atom. The predicted molar refractivity (Wildman–Crippen MR) is 125 cm³/mol. The molecule has 0 saturated carbocycles. The number of alkyl carbamates (subject to hydrolysis) is 1. The smallest absolute Gasteiger partial charge is 0.445 e. The summed E-state index contributed by atoms with van der Waals surface area (Å²) in [6, 6.07) is 13.3. The number of carbonyl (C=O) groups excluding carboxylic acids is 2. The maximum atomic E-state index is 13.7. The molecule has 1 fully saturated rings. The number of Topliss-reactive ketones (excluding diaryl/α,β-unsaturated/α-hetero) is 1. The van der Waals surface area contributed by atoms with E-state index in [9.17, 15) is 14.0 Å². The highest BCUT2D eigenvalue weighted by Gasteiger charge is 2.52. The Morgan fingerprint density at radius 2 is 1.70 bits per heavy atom. The van der Waals surface area contributed by atoms with Gasteiger partial charge in [-0.2, -0.15) is 0 Å². The van der Waals surface area contributed by atoms with Crippen LogP contribution in [0.4, 0.5) is 9.18 Å². The minimum Gasteiger partial charge on any atom is -0.445 e. The van der Waals surface area contributed by atoms with Gasteiger partial charge in [-0.25, -0.2) is 9.18 Å². The van der Waals surface area contributed by atoms with Crippen LogP contribution in [0.15, 0.2) is 54.0 Å². The number of amides is 1. The maximum absolute atomic E-state index is 13.7. The fourth-order valence-electron chi connectivity index (χ4n) is 3.30. The fraction of sp³-hybridized carbons (Fsp3) is 0.360. The minimum absolute atomic E-state index is 0.0547. The van der Waals surface area contributed by atoms with Crippen molar-refractivity contribution >= 4 is 25.1 Å². The molecule has 2 aromatic carbocycles. The maximum Gasteiger partial charge on any atom is 0.492 e. The van der Waals surface area contributed by atoms with Gasteiger partial charge in [-0.15, -0.1) is 0 Å². The quantitative estimate of drug-likeness (QED) is 0.474. The number of hydrogen-bond acceptors (Lipinski definition) is 5. The van der Waals surface area contributed by atoms with Gasteiger partial charge in [-0.3, -0.25) is 4.79 Å². The third-order valence-electron chi connectivity index (χ3n) is 5.94. The summed E-state index contributed by atoms with van der Waals surface area (Å²) >= 11 is 0. The van der Waals surface area contributed by atoms with Gasteiger partial charge >= 0.3 is 13.2 Å². The second-order valence-corrected chi connectivity index (χ2v) is 9.01. The number of halogens is 1. The van der Waals surface area contributed by atoms with Crippen LogP contribution in [0.3, 0.4) is 0 Å². The van der Waals surface area contributed by atoms with Gasteiger partial charge < -0.3 is 19.4 Å². The first-order chi connectivity index (χ1) is 15.5. The van der Waals surface area contributed by atoms with Crippen LogP contribution < -0.4 is 5.32 Å². The Bertz CT molecular complexity index is 1040. The van der Waals surface area contributed by atoms with Crippen LogP contribution in [0.5, 0.6) is 0 Å². The standard InChI is InChI=1S/C25H29BFNO5/c1-17(29)22-14-21(27)12-11-19(22)13-20(26-32-24(2,3)25(4,5)33-26)15-28-23(30)31-16-18-9-7-6-8-10-18/h6-14H,15-16H2,1-5H3,(H,28,30). The van der Waals surface area contributed by atoms with E-state index in [1.165, 1.54) is 25.1 Å². The number of hydrogen-bond donors (Lipinski definition) is 1. The molecule has 33 heavy (non-hydrogen) atoms. The first-order valence-electron chi connectivity index (χ1n) is 10.8. The first kappa shape index (κ1) is 24.7. The molecule has 1 N–H and O–H groups in total. The van der Waals surface area contributed by atoms with E-state index >= 15 is 0 Å². The van der Waals surface area contributed by atoms with E-state index < -0.39 is 30.2 Å². The van der Waals surface area contributed by atoms with Crippen molar-refractivity contribution < 1.29 is 28.0 Å². The van der Waals surface area contributed by atoms with Gasteiger partial charge in [0.25, 0.3) is 0 Å². The van der Waals surface area contributed by atoms with E-state index in [-0.39, 0.29) is 24.5 Å². The molecule has 174 valence electrons. The molecule has 0 unspecified atom stereocenters. The average Bonchev–Trinajstić information content (AvgIpc) is 2.97. The van der Waals surface area contributed by atoms with Crippen LogP contribution in [0.2, 0.25) is 0 Å². The highest BCUT2D eigenvalue weighted by molar-refractivity contribution is 6.56. The molecule has 1 amide bonds. The largest absolute Gasteiger partial charge is 0.492 e. The summed E-state index contributed by atoms with van der Waals surface area (Å²) in [5.41, 5.74) is 0.975. The molecule has 0 bridgehead atoms. The third-order valence-corrected chi connectivity index (χ3v) is 5.94. The van der Waals surface area contributed by atoms with E-state index in [0.717, 1.165) is 5.56 Å². The highest BCUT2D eigenvalue weighted by Crippen LogP contribution is 2.38. The third kappa shape index (κ3) is 6.09. The Balaban J connectivity index is 1.82. The van der Waals surface area contributed by atoms with Gasteiger partial charge in [-0.1, -0.05) is 42.5 Å². The summed E-state index contributed by atoms with van der Waals surface area (Å²) in [6.45, 7) is 9.25. The summed E-state index contributed by atoms with van der Waals surface area (Å²) in [6.07, 6.45) is 1.09. The zero-order chi connectivity index (χ0) is 24.2. The molecular formula is C25H29BFNO5. The summed E-state index contributed by atoms with van der Waals surface area (Å²) in [4.78, 5) is 24.4. The van der Waals surface area contributed by atoms with E-state index in [2.05, 4.69) is 5.32 Å². The SMILES string of the molecule is CC(=O)c1cc(F)ccc1C=C(CNC(=O)OCc1ccccc1)B1OC(C)(C)C(C)(C)O1. The van der Waals surface area contributed by atoms with Crippen molar-refractivity contribution in [3.63, 3.8) is 0 Å². The van der Waals surface area contributed by atoms with Gasteiger partial charge in [0.15, 0.2) is 5.78 Å². The zero-order valence-corrected chi connectivity index (χ0v) is 19.6. The lowest BCUT2D eigenvalue weighted by molar-refractivity contribution is 0.00578. The molecule has 1 aliphatic rings. The number of ketones is 1. The van der Waals surface area contributed by atoms with Crippen molar-refractivity contribution in [1.82, 2.24) is 5.32 Å². The number of nitrogens with one attached hydrogen (secondary N) is 1. The zero-order valence-electron chi connectivity index (χ0n) is 19.6. The molecule has 0 aromatic heterocycles. The van der Waals surface area contributed by atoms with Crippen LogP contribution >= 0.6 is 0 Å². The van der Waals surface area contributed by atoms with E-state index in [0.29, 0.717) is 11.0 Å². The van der Waals surface area contributed by atoms with E-state index in [1.807, 2.05) is 58.0 Å². The van der Waals surface area contributed by atoms with Gasteiger partial charge in [-0.05, 0) is 63.4 Å². The molecule has 3 rings (SSSR count). The number of ether oxygens (including phenoxy) is 1. The van der Waals surface area contributed by atoms with Crippen molar-refractivity contribution in [2.45, 2.75) is 52.4 Å². The fourth-order valence-corrected chi connectivity index (χ4v) is 3.30. The van der Waals surface area contributed by atoms with Gasteiger partial charge in [0.2, 0.25) is 0 Å². The molecule has 0 spiro atoms. The second-order valence-electron chi connectivity index (χ2n) is 9.01. The molecule has 1 saturated heterocycles. The Labute approximate surface area is 194 Å².